The first-order valence-corrected chi connectivity index (χ1v) is 13.0. The second-order valence-electron chi connectivity index (χ2n) is 9.98. The average molecular weight is 495 g/mol. The summed E-state index contributed by atoms with van der Waals surface area (Å²) in [4.78, 5) is 22.6. The topological polar surface area (TPSA) is 101 Å². The van der Waals surface area contributed by atoms with E-state index < -0.39 is 12.1 Å². The number of ether oxygens (including phenoxy) is 1. The fraction of sp³-hybridized carbons (Fsp3) is 0.536. The lowest BCUT2D eigenvalue weighted by atomic mass is 9.79. The van der Waals surface area contributed by atoms with Crippen molar-refractivity contribution in [3.8, 4) is 5.75 Å². The highest BCUT2D eigenvalue weighted by Gasteiger charge is 2.30. The molecule has 2 aromatic heterocycles. The van der Waals surface area contributed by atoms with E-state index in [2.05, 4.69) is 19.4 Å². The molecule has 1 aromatic carbocycles. The number of benzene rings is 1. The van der Waals surface area contributed by atoms with E-state index in [1.807, 2.05) is 43.7 Å². The molecule has 3 aromatic rings. The van der Waals surface area contributed by atoms with Crippen LogP contribution >= 0.6 is 0 Å². The number of aliphatic hydroxyl groups is 1. The molecule has 0 radical (unpaired) electrons. The summed E-state index contributed by atoms with van der Waals surface area (Å²) in [5, 5.41) is 21.3. The number of carboxylic acids is 1. The van der Waals surface area contributed by atoms with Gasteiger partial charge in [-0.15, -0.1) is 0 Å². The van der Waals surface area contributed by atoms with E-state index in [1.54, 1.807) is 13.3 Å². The number of piperidine rings is 1. The van der Waals surface area contributed by atoms with Crippen molar-refractivity contribution in [1.82, 2.24) is 19.4 Å². The van der Waals surface area contributed by atoms with E-state index in [9.17, 15) is 15.0 Å². The van der Waals surface area contributed by atoms with Crippen LogP contribution in [0.25, 0.3) is 10.9 Å². The number of aromatic nitrogens is 3. The van der Waals surface area contributed by atoms with Gasteiger partial charge in [-0.25, -0.2) is 4.98 Å². The zero-order valence-electron chi connectivity index (χ0n) is 21.3. The number of carbonyl (C=O) groups is 1. The fourth-order valence-electron chi connectivity index (χ4n) is 5.56. The molecule has 0 bridgehead atoms. The highest BCUT2D eigenvalue weighted by Crippen LogP contribution is 2.35. The zero-order valence-corrected chi connectivity index (χ0v) is 21.3. The molecule has 0 aliphatic carbocycles. The van der Waals surface area contributed by atoms with Crippen LogP contribution in [0.3, 0.4) is 0 Å². The first kappa shape index (κ1) is 26.1. The smallest absolute Gasteiger partial charge is 0.303 e. The molecule has 2 unspecified atom stereocenters. The third-order valence-corrected chi connectivity index (χ3v) is 7.65. The van der Waals surface area contributed by atoms with Gasteiger partial charge in [0.2, 0.25) is 0 Å². The van der Waals surface area contributed by atoms with Gasteiger partial charge in [-0.2, -0.15) is 0 Å². The van der Waals surface area contributed by atoms with Crippen molar-refractivity contribution >= 4 is 16.9 Å². The Morgan fingerprint density at radius 3 is 2.81 bits per heavy atom. The Hall–Kier alpha value is -2.97. The number of aryl methyl sites for hydroxylation is 2. The van der Waals surface area contributed by atoms with E-state index in [-0.39, 0.29) is 6.42 Å². The van der Waals surface area contributed by atoms with Gasteiger partial charge in [0.15, 0.2) is 0 Å². The number of fused-ring (bicyclic) bond motifs is 1. The minimum Gasteiger partial charge on any atom is -0.497 e. The molecule has 3 heterocycles. The standard InChI is InChI=1S/C28H38N4O4/c1-31-17-14-30-27(31)4-3-15-32-16-12-20(21(19-32)6-10-28(34)35)5-9-26(33)23-11-13-29-25-8-7-22(36-2)18-24(23)25/h7-8,11,13-14,17-18,20-21,26,33H,3-6,9-10,12,15-16,19H2,1-2H3,(H,34,35)/t20?,21?,26-/m0/s1. The van der Waals surface area contributed by atoms with Crippen LogP contribution in [0.4, 0.5) is 0 Å². The fourth-order valence-corrected chi connectivity index (χ4v) is 5.56. The van der Waals surface area contributed by atoms with E-state index in [4.69, 9.17) is 4.74 Å². The van der Waals surface area contributed by atoms with Gasteiger partial charge in [0, 0.05) is 50.4 Å². The van der Waals surface area contributed by atoms with Crippen LogP contribution < -0.4 is 4.74 Å². The molecular weight excluding hydrogens is 456 g/mol. The normalized spacial score (nSPS) is 19.4. The number of nitrogens with zero attached hydrogens (tertiary/aromatic N) is 4. The Morgan fingerprint density at radius 2 is 2.06 bits per heavy atom. The minimum absolute atomic E-state index is 0.194. The molecule has 194 valence electrons. The van der Waals surface area contributed by atoms with Crippen LogP contribution in [0.1, 0.15) is 56.0 Å². The molecule has 36 heavy (non-hydrogen) atoms. The molecule has 3 atom stereocenters. The second kappa shape index (κ2) is 12.3. The number of methoxy groups -OCH3 is 1. The predicted octanol–water partition coefficient (Wildman–Crippen LogP) is 4.23. The number of hydrogen-bond donors (Lipinski definition) is 2. The molecule has 1 saturated heterocycles. The second-order valence-corrected chi connectivity index (χ2v) is 9.98. The molecular formula is C28H38N4O4. The summed E-state index contributed by atoms with van der Waals surface area (Å²) in [6.07, 6.45) is 10.4. The Kier molecular flexibility index (Phi) is 8.93. The number of imidazole rings is 1. The van der Waals surface area contributed by atoms with Gasteiger partial charge in [0.1, 0.15) is 11.6 Å². The number of pyridine rings is 1. The van der Waals surface area contributed by atoms with Crippen LogP contribution in [-0.4, -0.2) is 62.4 Å². The van der Waals surface area contributed by atoms with E-state index in [1.165, 1.54) is 0 Å². The van der Waals surface area contributed by atoms with Crippen molar-refractivity contribution in [3.63, 3.8) is 0 Å². The van der Waals surface area contributed by atoms with Gasteiger partial charge in [0.25, 0.3) is 0 Å². The first-order chi connectivity index (χ1) is 17.4. The molecule has 1 aliphatic heterocycles. The Morgan fingerprint density at radius 1 is 1.19 bits per heavy atom. The number of carboxylic acid groups (broad SMARTS) is 1. The third kappa shape index (κ3) is 6.62. The summed E-state index contributed by atoms with van der Waals surface area (Å²) in [7, 11) is 3.66. The predicted molar refractivity (Wildman–Crippen MR) is 139 cm³/mol. The van der Waals surface area contributed by atoms with Crippen LogP contribution in [0, 0.1) is 11.8 Å². The SMILES string of the molecule is COc1ccc2nccc([C@@H](O)CCC3CCN(CCCc4nccn4C)CC3CCC(=O)O)c2c1. The van der Waals surface area contributed by atoms with Gasteiger partial charge in [0.05, 0.1) is 18.7 Å². The number of hydrogen-bond acceptors (Lipinski definition) is 6. The maximum atomic E-state index is 11.3. The quantitative estimate of drug-likeness (QED) is 0.389. The van der Waals surface area contributed by atoms with Gasteiger partial charge in [-0.05, 0) is 86.9 Å². The molecule has 0 saturated carbocycles. The van der Waals surface area contributed by atoms with Gasteiger partial charge < -0.3 is 24.4 Å². The number of aliphatic hydroxyl groups excluding tert-OH is 1. The maximum Gasteiger partial charge on any atom is 0.303 e. The van der Waals surface area contributed by atoms with Crippen LogP contribution in [0.15, 0.2) is 42.9 Å². The van der Waals surface area contributed by atoms with Crippen LogP contribution in [0.5, 0.6) is 5.75 Å². The summed E-state index contributed by atoms with van der Waals surface area (Å²) in [5.41, 5.74) is 1.71. The van der Waals surface area contributed by atoms with Crippen molar-refractivity contribution in [3.05, 3.63) is 54.2 Å². The molecule has 0 spiro atoms. The average Bonchev–Trinajstić information content (AvgIpc) is 3.30. The van der Waals surface area contributed by atoms with Crippen LogP contribution in [0.2, 0.25) is 0 Å². The van der Waals surface area contributed by atoms with E-state index in [0.717, 1.165) is 73.4 Å². The largest absolute Gasteiger partial charge is 0.497 e. The highest BCUT2D eigenvalue weighted by molar-refractivity contribution is 5.83. The molecule has 8 nitrogen and oxygen atoms in total. The number of rotatable bonds is 12. The van der Waals surface area contributed by atoms with Crippen molar-refractivity contribution in [2.45, 2.75) is 51.0 Å². The molecule has 1 fully saturated rings. The van der Waals surface area contributed by atoms with Gasteiger partial charge in [-0.3, -0.25) is 9.78 Å². The summed E-state index contributed by atoms with van der Waals surface area (Å²) in [6.45, 7) is 2.93. The van der Waals surface area contributed by atoms with Gasteiger partial charge >= 0.3 is 5.97 Å². The Labute approximate surface area is 212 Å². The lowest BCUT2D eigenvalue weighted by Gasteiger charge is -2.39. The monoisotopic (exact) mass is 494 g/mol. The lowest BCUT2D eigenvalue weighted by molar-refractivity contribution is -0.137. The molecule has 0 amide bonds. The molecule has 4 rings (SSSR count). The molecule has 1 aliphatic rings. The lowest BCUT2D eigenvalue weighted by Crippen LogP contribution is -2.41. The first-order valence-electron chi connectivity index (χ1n) is 13.0. The summed E-state index contributed by atoms with van der Waals surface area (Å²) >= 11 is 0. The highest BCUT2D eigenvalue weighted by atomic mass is 16.5. The minimum atomic E-state index is -0.738. The van der Waals surface area contributed by atoms with Crippen molar-refractivity contribution in [2.75, 3.05) is 26.7 Å². The van der Waals surface area contributed by atoms with Gasteiger partial charge in [-0.1, -0.05) is 0 Å². The molecule has 8 heteroatoms. The Balaban J connectivity index is 1.36. The Bertz CT molecular complexity index is 1150. The number of likely N-dealkylation sites (tertiary alicyclic amines) is 1. The summed E-state index contributed by atoms with van der Waals surface area (Å²) in [5.74, 6) is 1.84. The zero-order chi connectivity index (χ0) is 25.5. The van der Waals surface area contributed by atoms with Crippen molar-refractivity contribution in [1.29, 1.82) is 0 Å². The molecule has 2 N–H and O–H groups in total. The summed E-state index contributed by atoms with van der Waals surface area (Å²) in [6, 6.07) is 7.61. The maximum absolute atomic E-state index is 11.3. The summed E-state index contributed by atoms with van der Waals surface area (Å²) < 4.78 is 7.44. The van der Waals surface area contributed by atoms with Crippen LogP contribution in [-0.2, 0) is 18.3 Å². The van der Waals surface area contributed by atoms with Crippen molar-refractivity contribution in [2.24, 2.45) is 18.9 Å². The number of aliphatic carboxylic acids is 1. The van der Waals surface area contributed by atoms with E-state index in [0.29, 0.717) is 24.7 Å². The third-order valence-electron chi connectivity index (χ3n) is 7.65. The van der Waals surface area contributed by atoms with Crippen molar-refractivity contribution < 1.29 is 19.7 Å². The van der Waals surface area contributed by atoms with E-state index >= 15 is 0 Å².